The lowest BCUT2D eigenvalue weighted by molar-refractivity contribution is -0.142. The Morgan fingerprint density at radius 2 is 1.92 bits per heavy atom. The first-order valence-electron chi connectivity index (χ1n) is 7.82. The zero-order valence-electron chi connectivity index (χ0n) is 14.1. The van der Waals surface area contributed by atoms with Crippen molar-refractivity contribution < 1.29 is 23.8 Å². The number of amides is 1. The second-order valence-electron chi connectivity index (χ2n) is 5.33. The van der Waals surface area contributed by atoms with Crippen LogP contribution in [0.15, 0.2) is 53.4 Å². The molecule has 1 aliphatic rings. The summed E-state index contributed by atoms with van der Waals surface area (Å²) in [5.41, 5.74) is 1.42. The second-order valence-corrected chi connectivity index (χ2v) is 6.21. The fourth-order valence-electron chi connectivity index (χ4n) is 2.24. The van der Waals surface area contributed by atoms with Crippen molar-refractivity contribution in [2.24, 2.45) is 0 Å². The van der Waals surface area contributed by atoms with Crippen LogP contribution in [0.3, 0.4) is 0 Å². The van der Waals surface area contributed by atoms with Gasteiger partial charge in [-0.05, 0) is 42.2 Å². The van der Waals surface area contributed by atoms with Crippen molar-refractivity contribution in [3.8, 4) is 11.5 Å². The highest BCUT2D eigenvalue weighted by Gasteiger charge is 2.14. The van der Waals surface area contributed by atoms with E-state index in [0.717, 1.165) is 10.5 Å². The zero-order valence-corrected chi connectivity index (χ0v) is 14.9. The Hall–Kier alpha value is -2.93. The zero-order chi connectivity index (χ0) is 18.4. The lowest BCUT2D eigenvalue weighted by Gasteiger charge is -2.06. The van der Waals surface area contributed by atoms with Crippen molar-refractivity contribution in [3.63, 3.8) is 0 Å². The van der Waals surface area contributed by atoms with Crippen LogP contribution < -0.4 is 14.8 Å². The molecule has 134 valence electrons. The molecular weight excluding hydrogens is 354 g/mol. The number of nitrogens with one attached hydrogen (secondary N) is 1. The van der Waals surface area contributed by atoms with Gasteiger partial charge in [0.15, 0.2) is 18.1 Å². The predicted octanol–water partition coefficient (Wildman–Crippen LogP) is 3.33. The van der Waals surface area contributed by atoms with Gasteiger partial charge in [0.05, 0.1) is 0 Å². The van der Waals surface area contributed by atoms with Crippen molar-refractivity contribution in [1.29, 1.82) is 0 Å². The number of esters is 1. The Kier molecular flexibility index (Phi) is 5.80. The summed E-state index contributed by atoms with van der Waals surface area (Å²) in [4.78, 5) is 24.7. The third kappa shape index (κ3) is 4.80. The summed E-state index contributed by atoms with van der Waals surface area (Å²) >= 11 is 1.65. The number of benzene rings is 2. The van der Waals surface area contributed by atoms with Gasteiger partial charge in [0.25, 0.3) is 5.91 Å². The molecule has 0 aromatic heterocycles. The highest BCUT2D eigenvalue weighted by molar-refractivity contribution is 7.98. The molecule has 1 heterocycles. The number of thioether (sulfide) groups is 1. The van der Waals surface area contributed by atoms with Gasteiger partial charge in [0, 0.05) is 22.7 Å². The van der Waals surface area contributed by atoms with Crippen LogP contribution in [-0.4, -0.2) is 31.5 Å². The smallest absolute Gasteiger partial charge is 0.331 e. The van der Waals surface area contributed by atoms with Gasteiger partial charge in [-0.2, -0.15) is 0 Å². The van der Waals surface area contributed by atoms with E-state index in [4.69, 9.17) is 14.2 Å². The summed E-state index contributed by atoms with van der Waals surface area (Å²) in [7, 11) is 0. The van der Waals surface area contributed by atoms with E-state index in [-0.39, 0.29) is 13.4 Å². The van der Waals surface area contributed by atoms with E-state index in [1.54, 1.807) is 36.0 Å². The summed E-state index contributed by atoms with van der Waals surface area (Å²) in [6.07, 6.45) is 4.93. The Morgan fingerprint density at radius 1 is 1.15 bits per heavy atom. The minimum Gasteiger partial charge on any atom is -0.454 e. The average molecular weight is 371 g/mol. The van der Waals surface area contributed by atoms with Gasteiger partial charge >= 0.3 is 5.97 Å². The molecule has 0 radical (unpaired) electrons. The van der Waals surface area contributed by atoms with Crippen molar-refractivity contribution >= 4 is 35.4 Å². The number of rotatable bonds is 6. The molecular formula is C19H17NO5S. The van der Waals surface area contributed by atoms with Crippen LogP contribution in [0.1, 0.15) is 5.56 Å². The van der Waals surface area contributed by atoms with Crippen LogP contribution >= 0.6 is 11.8 Å². The lowest BCUT2D eigenvalue weighted by Crippen LogP contribution is -2.20. The van der Waals surface area contributed by atoms with Crippen LogP contribution in [0.5, 0.6) is 11.5 Å². The number of carbonyl (C=O) groups is 2. The van der Waals surface area contributed by atoms with Gasteiger partial charge in [-0.3, -0.25) is 4.79 Å². The van der Waals surface area contributed by atoms with E-state index < -0.39 is 11.9 Å². The normalized spacial score (nSPS) is 12.2. The van der Waals surface area contributed by atoms with Gasteiger partial charge in [-0.15, -0.1) is 11.8 Å². The fourth-order valence-corrected chi connectivity index (χ4v) is 2.64. The molecule has 0 bridgehead atoms. The summed E-state index contributed by atoms with van der Waals surface area (Å²) in [6, 6.07) is 12.8. The number of ether oxygens (including phenoxy) is 3. The molecule has 0 fully saturated rings. The fraction of sp³-hybridized carbons (Fsp3) is 0.158. The van der Waals surface area contributed by atoms with Crippen molar-refractivity contribution in [2.45, 2.75) is 4.90 Å². The predicted molar refractivity (Wildman–Crippen MR) is 99.4 cm³/mol. The minimum absolute atomic E-state index is 0.163. The molecule has 3 rings (SSSR count). The van der Waals surface area contributed by atoms with E-state index in [9.17, 15) is 9.59 Å². The number of hydrogen-bond acceptors (Lipinski definition) is 6. The molecule has 1 aliphatic heterocycles. The van der Waals surface area contributed by atoms with E-state index in [0.29, 0.717) is 17.2 Å². The van der Waals surface area contributed by atoms with Gasteiger partial charge in [0.1, 0.15) is 0 Å². The van der Waals surface area contributed by atoms with Crippen molar-refractivity contribution in [1.82, 2.24) is 0 Å². The first-order valence-corrected chi connectivity index (χ1v) is 9.05. The topological polar surface area (TPSA) is 73.9 Å². The molecule has 0 spiro atoms. The Morgan fingerprint density at radius 3 is 2.69 bits per heavy atom. The van der Waals surface area contributed by atoms with E-state index in [2.05, 4.69) is 5.32 Å². The summed E-state index contributed by atoms with van der Waals surface area (Å²) in [5.74, 6) is 0.176. The third-order valence-electron chi connectivity index (χ3n) is 3.53. The van der Waals surface area contributed by atoms with E-state index >= 15 is 0 Å². The molecule has 2 aromatic carbocycles. The van der Waals surface area contributed by atoms with Gasteiger partial charge in [-0.1, -0.05) is 12.1 Å². The lowest BCUT2D eigenvalue weighted by atomic mass is 10.2. The van der Waals surface area contributed by atoms with E-state index in [1.807, 2.05) is 30.5 Å². The molecule has 1 amide bonds. The summed E-state index contributed by atoms with van der Waals surface area (Å²) in [6.45, 7) is -0.209. The molecule has 26 heavy (non-hydrogen) atoms. The first kappa shape index (κ1) is 17.9. The quantitative estimate of drug-likeness (QED) is 0.477. The highest BCUT2D eigenvalue weighted by Crippen LogP contribution is 2.34. The van der Waals surface area contributed by atoms with Crippen LogP contribution in [0.4, 0.5) is 5.69 Å². The average Bonchev–Trinajstić information content (AvgIpc) is 3.13. The number of hydrogen-bond donors (Lipinski definition) is 1. The maximum Gasteiger partial charge on any atom is 0.331 e. The van der Waals surface area contributed by atoms with Crippen molar-refractivity contribution in [2.75, 3.05) is 25.0 Å². The van der Waals surface area contributed by atoms with Crippen LogP contribution in [-0.2, 0) is 14.3 Å². The molecule has 0 saturated heterocycles. The number of fused-ring (bicyclic) bond motifs is 1. The number of carbonyl (C=O) groups excluding carboxylic acids is 2. The monoisotopic (exact) mass is 371 g/mol. The minimum atomic E-state index is -0.584. The maximum absolute atomic E-state index is 11.9. The molecule has 2 aromatic rings. The van der Waals surface area contributed by atoms with Gasteiger partial charge in [-0.25, -0.2) is 4.79 Å². The van der Waals surface area contributed by atoms with Crippen LogP contribution in [0, 0.1) is 0 Å². The van der Waals surface area contributed by atoms with Crippen LogP contribution in [0.2, 0.25) is 0 Å². The van der Waals surface area contributed by atoms with E-state index in [1.165, 1.54) is 6.08 Å². The van der Waals surface area contributed by atoms with Crippen LogP contribution in [0.25, 0.3) is 6.08 Å². The second kappa shape index (κ2) is 8.44. The largest absolute Gasteiger partial charge is 0.454 e. The maximum atomic E-state index is 11.9. The summed E-state index contributed by atoms with van der Waals surface area (Å²) in [5, 5.41) is 2.64. The molecule has 6 nitrogen and oxygen atoms in total. The Balaban J connectivity index is 1.46. The Labute approximate surface area is 155 Å². The molecule has 7 heteroatoms. The van der Waals surface area contributed by atoms with Gasteiger partial charge in [0.2, 0.25) is 6.79 Å². The third-order valence-corrected chi connectivity index (χ3v) is 4.27. The van der Waals surface area contributed by atoms with Gasteiger partial charge < -0.3 is 19.5 Å². The molecule has 0 aliphatic carbocycles. The molecule has 1 N–H and O–H groups in total. The Bertz CT molecular complexity index is 832. The molecule has 0 saturated carbocycles. The summed E-state index contributed by atoms with van der Waals surface area (Å²) < 4.78 is 15.4. The highest BCUT2D eigenvalue weighted by atomic mass is 32.2. The molecule has 0 unspecified atom stereocenters. The first-order chi connectivity index (χ1) is 12.6. The number of anilines is 1. The molecule has 0 atom stereocenters. The standard InChI is InChI=1S/C19H17NO5S/c1-26-15-6-2-13(3-7-15)4-9-19(22)23-11-18(21)20-14-5-8-16-17(10-14)25-12-24-16/h2-10H,11-12H2,1H3,(H,20,21). The van der Waals surface area contributed by atoms with Crippen molar-refractivity contribution in [3.05, 3.63) is 54.1 Å². The SMILES string of the molecule is CSc1ccc(C=CC(=O)OCC(=O)Nc2ccc3c(c2)OCO3)cc1.